The first kappa shape index (κ1) is 15.0. The third-order valence-electron chi connectivity index (χ3n) is 2.82. The van der Waals surface area contributed by atoms with Crippen molar-refractivity contribution in [1.29, 1.82) is 0 Å². The summed E-state index contributed by atoms with van der Waals surface area (Å²) in [5, 5.41) is 6.56. The van der Waals surface area contributed by atoms with E-state index in [1.807, 2.05) is 12.1 Å². The summed E-state index contributed by atoms with van der Waals surface area (Å²) in [5.41, 5.74) is 2.25. The number of aromatic nitrogens is 1. The minimum Gasteiger partial charge on any atom is -0.494 e. The molecule has 0 unspecified atom stereocenters. The highest BCUT2D eigenvalue weighted by molar-refractivity contribution is 7.13. The fourth-order valence-electron chi connectivity index (χ4n) is 1.74. The Morgan fingerprint density at radius 3 is 2.65 bits per heavy atom. The van der Waals surface area contributed by atoms with Gasteiger partial charge in [0, 0.05) is 23.5 Å². The Kier molecular flexibility index (Phi) is 5.56. The van der Waals surface area contributed by atoms with Gasteiger partial charge in [-0.1, -0.05) is 20.8 Å². The molecule has 0 aliphatic carbocycles. The van der Waals surface area contributed by atoms with Crippen LogP contribution in [0.5, 0.6) is 5.75 Å². The highest BCUT2D eigenvalue weighted by atomic mass is 32.1. The minimum absolute atomic E-state index is 0.482. The van der Waals surface area contributed by atoms with Gasteiger partial charge in [-0.05, 0) is 30.7 Å². The van der Waals surface area contributed by atoms with Crippen LogP contribution in [0.25, 0.3) is 10.6 Å². The zero-order valence-corrected chi connectivity index (χ0v) is 13.2. The largest absolute Gasteiger partial charge is 0.494 e. The monoisotopic (exact) mass is 290 g/mol. The van der Waals surface area contributed by atoms with Crippen molar-refractivity contribution >= 4 is 11.3 Å². The van der Waals surface area contributed by atoms with Gasteiger partial charge in [-0.2, -0.15) is 0 Å². The Morgan fingerprint density at radius 1 is 1.25 bits per heavy atom. The zero-order chi connectivity index (χ0) is 14.4. The molecule has 2 rings (SSSR count). The molecule has 0 spiro atoms. The lowest BCUT2D eigenvalue weighted by atomic mass is 10.2. The summed E-state index contributed by atoms with van der Waals surface area (Å²) in [6.07, 6.45) is 1.03. The molecule has 0 aliphatic heterocycles. The summed E-state index contributed by atoms with van der Waals surface area (Å²) >= 11 is 1.69. The first-order valence-electron chi connectivity index (χ1n) is 7.10. The molecule has 1 N–H and O–H groups in total. The molecule has 0 amide bonds. The maximum Gasteiger partial charge on any atom is 0.123 e. The summed E-state index contributed by atoms with van der Waals surface area (Å²) in [6.45, 7) is 7.98. The Labute approximate surface area is 125 Å². The fourth-order valence-corrected chi connectivity index (χ4v) is 2.57. The average molecular weight is 290 g/mol. The molecule has 2 aromatic rings. The van der Waals surface area contributed by atoms with Crippen molar-refractivity contribution in [2.24, 2.45) is 0 Å². The van der Waals surface area contributed by atoms with Crippen LogP contribution in [-0.4, -0.2) is 17.6 Å². The van der Waals surface area contributed by atoms with Crippen molar-refractivity contribution in [1.82, 2.24) is 10.3 Å². The van der Waals surface area contributed by atoms with Crippen LogP contribution in [-0.2, 0) is 6.54 Å². The van der Waals surface area contributed by atoms with Crippen LogP contribution in [0.4, 0.5) is 0 Å². The van der Waals surface area contributed by atoms with Crippen molar-refractivity contribution in [3.8, 4) is 16.3 Å². The van der Waals surface area contributed by atoms with Crippen molar-refractivity contribution in [3.05, 3.63) is 35.3 Å². The van der Waals surface area contributed by atoms with Gasteiger partial charge < -0.3 is 10.1 Å². The molecule has 20 heavy (non-hydrogen) atoms. The van der Waals surface area contributed by atoms with Crippen LogP contribution in [0.2, 0.25) is 0 Å². The number of hydrogen-bond donors (Lipinski definition) is 1. The molecule has 0 radical (unpaired) electrons. The number of ether oxygens (including phenoxy) is 1. The number of rotatable bonds is 7. The van der Waals surface area contributed by atoms with Crippen molar-refractivity contribution < 1.29 is 4.74 Å². The van der Waals surface area contributed by atoms with Gasteiger partial charge in [-0.15, -0.1) is 11.3 Å². The maximum absolute atomic E-state index is 5.59. The molecular weight excluding hydrogens is 268 g/mol. The van der Waals surface area contributed by atoms with Gasteiger partial charge in [-0.3, -0.25) is 0 Å². The number of hydrogen-bond acceptors (Lipinski definition) is 4. The fraction of sp³-hybridized carbons (Fsp3) is 0.438. The molecule has 0 atom stereocenters. The van der Waals surface area contributed by atoms with Crippen LogP contribution in [0.15, 0.2) is 29.6 Å². The lowest BCUT2D eigenvalue weighted by Crippen LogP contribution is -2.21. The average Bonchev–Trinajstić information content (AvgIpc) is 2.92. The molecule has 0 saturated carbocycles. The van der Waals surface area contributed by atoms with E-state index < -0.39 is 0 Å². The second-order valence-electron chi connectivity index (χ2n) is 5.05. The van der Waals surface area contributed by atoms with E-state index in [0.29, 0.717) is 6.04 Å². The van der Waals surface area contributed by atoms with Gasteiger partial charge in [-0.25, -0.2) is 4.98 Å². The quantitative estimate of drug-likeness (QED) is 0.833. The molecule has 0 bridgehead atoms. The van der Waals surface area contributed by atoms with Crippen molar-refractivity contribution in [2.75, 3.05) is 6.61 Å². The standard InChI is InChI=1S/C16H22N2OS/c1-4-9-19-15-7-5-13(6-8-15)16-18-14(11-20-16)10-17-12(2)3/h5-8,11-12,17H,4,9-10H2,1-3H3. The maximum atomic E-state index is 5.59. The number of nitrogens with one attached hydrogen (secondary N) is 1. The number of thiazole rings is 1. The second-order valence-corrected chi connectivity index (χ2v) is 5.91. The highest BCUT2D eigenvalue weighted by Crippen LogP contribution is 2.25. The predicted molar refractivity (Wildman–Crippen MR) is 85.3 cm³/mol. The van der Waals surface area contributed by atoms with Crippen LogP contribution < -0.4 is 10.1 Å². The topological polar surface area (TPSA) is 34.1 Å². The molecule has 4 heteroatoms. The van der Waals surface area contributed by atoms with Gasteiger partial charge in [0.25, 0.3) is 0 Å². The highest BCUT2D eigenvalue weighted by Gasteiger charge is 2.05. The van der Waals surface area contributed by atoms with Crippen LogP contribution in [0.1, 0.15) is 32.9 Å². The number of nitrogens with zero attached hydrogens (tertiary/aromatic N) is 1. The van der Waals surface area contributed by atoms with Gasteiger partial charge >= 0.3 is 0 Å². The summed E-state index contributed by atoms with van der Waals surface area (Å²) < 4.78 is 5.59. The molecule has 0 saturated heterocycles. The van der Waals surface area contributed by atoms with Gasteiger partial charge in [0.05, 0.1) is 12.3 Å². The molecule has 1 aromatic carbocycles. The zero-order valence-electron chi connectivity index (χ0n) is 12.3. The van der Waals surface area contributed by atoms with E-state index in [-0.39, 0.29) is 0 Å². The van der Waals surface area contributed by atoms with Crippen molar-refractivity contribution in [3.63, 3.8) is 0 Å². The van der Waals surface area contributed by atoms with E-state index >= 15 is 0 Å². The van der Waals surface area contributed by atoms with Gasteiger partial charge in [0.2, 0.25) is 0 Å². The Morgan fingerprint density at radius 2 is 2.00 bits per heavy atom. The van der Waals surface area contributed by atoms with Crippen LogP contribution in [0, 0.1) is 0 Å². The predicted octanol–water partition coefficient (Wildman–Crippen LogP) is 4.10. The molecule has 1 aromatic heterocycles. The van der Waals surface area contributed by atoms with E-state index in [9.17, 15) is 0 Å². The molecule has 3 nitrogen and oxygen atoms in total. The van der Waals surface area contributed by atoms with Gasteiger partial charge in [0.15, 0.2) is 0 Å². The summed E-state index contributed by atoms with van der Waals surface area (Å²) in [4.78, 5) is 4.66. The Hall–Kier alpha value is -1.39. The van der Waals surface area contributed by atoms with E-state index in [1.165, 1.54) is 0 Å². The molecule has 0 fully saturated rings. The Bertz CT molecular complexity index is 520. The lowest BCUT2D eigenvalue weighted by molar-refractivity contribution is 0.317. The third kappa shape index (κ3) is 4.32. The Balaban J connectivity index is 2.00. The molecule has 0 aliphatic rings. The van der Waals surface area contributed by atoms with Crippen LogP contribution in [0.3, 0.4) is 0 Å². The van der Waals surface area contributed by atoms with Gasteiger partial charge in [0.1, 0.15) is 10.8 Å². The van der Waals surface area contributed by atoms with Crippen LogP contribution >= 0.6 is 11.3 Å². The van der Waals surface area contributed by atoms with Crippen molar-refractivity contribution in [2.45, 2.75) is 39.8 Å². The van der Waals surface area contributed by atoms with E-state index in [0.717, 1.165) is 41.6 Å². The summed E-state index contributed by atoms with van der Waals surface area (Å²) in [5.74, 6) is 0.925. The normalized spacial score (nSPS) is 11.0. The first-order valence-corrected chi connectivity index (χ1v) is 7.98. The minimum atomic E-state index is 0.482. The van der Waals surface area contributed by atoms with E-state index in [4.69, 9.17) is 4.74 Å². The van der Waals surface area contributed by atoms with E-state index in [1.54, 1.807) is 11.3 Å². The summed E-state index contributed by atoms with van der Waals surface area (Å²) in [6, 6.07) is 8.65. The first-order chi connectivity index (χ1) is 9.69. The molecule has 108 valence electrons. The third-order valence-corrected chi connectivity index (χ3v) is 3.76. The number of benzene rings is 1. The summed E-state index contributed by atoms with van der Waals surface area (Å²) in [7, 11) is 0. The van der Waals surface area contributed by atoms with E-state index in [2.05, 4.69) is 48.6 Å². The molecular formula is C16H22N2OS. The second kappa shape index (κ2) is 7.41. The smallest absolute Gasteiger partial charge is 0.123 e. The SMILES string of the molecule is CCCOc1ccc(-c2nc(CNC(C)C)cs2)cc1. The molecule has 1 heterocycles. The lowest BCUT2D eigenvalue weighted by Gasteiger charge is -2.05.